The third-order valence-electron chi connectivity index (χ3n) is 3.57. The summed E-state index contributed by atoms with van der Waals surface area (Å²) in [6, 6.07) is 3.12. The predicted octanol–water partition coefficient (Wildman–Crippen LogP) is 3.16. The minimum absolute atomic E-state index is 0.0477. The average Bonchev–Trinajstić information content (AvgIpc) is 2.87. The second kappa shape index (κ2) is 8.08. The number of oxazole rings is 1. The zero-order valence-corrected chi connectivity index (χ0v) is 16.7. The molecule has 0 fully saturated rings. The second-order valence-corrected chi connectivity index (χ2v) is 7.85. The lowest BCUT2D eigenvalue weighted by Crippen LogP contribution is -2.32. The first-order valence-corrected chi connectivity index (χ1v) is 8.96. The van der Waals surface area contributed by atoms with Gasteiger partial charge in [0.05, 0.1) is 11.8 Å². The van der Waals surface area contributed by atoms with E-state index in [1.54, 1.807) is 26.8 Å². The first kappa shape index (κ1) is 20.9. The lowest BCUT2D eigenvalue weighted by molar-refractivity contribution is -0.155. The van der Waals surface area contributed by atoms with Crippen LogP contribution in [0, 0.1) is 5.82 Å². The number of hydrogen-bond acceptors (Lipinski definition) is 5. The van der Waals surface area contributed by atoms with Crippen molar-refractivity contribution in [3.63, 3.8) is 0 Å². The zero-order valence-electron chi connectivity index (χ0n) is 15.1. The number of esters is 1. The molecule has 2 N–H and O–H groups in total. The Kier molecular flexibility index (Phi) is 6.25. The fraction of sp³-hybridized carbons (Fsp3) is 0.389. The SMILES string of the molecule is CC(C)(C)OC(=O)CCC(C(N)=O)n1cc(-c2ccc(Br)cc2F)oc1=O. The predicted molar refractivity (Wildman–Crippen MR) is 99.4 cm³/mol. The largest absolute Gasteiger partial charge is 0.460 e. The van der Waals surface area contributed by atoms with Crippen molar-refractivity contribution in [3.05, 3.63) is 45.2 Å². The van der Waals surface area contributed by atoms with Gasteiger partial charge >= 0.3 is 11.7 Å². The molecule has 0 radical (unpaired) electrons. The molecule has 2 aromatic rings. The van der Waals surface area contributed by atoms with E-state index in [9.17, 15) is 18.8 Å². The quantitative estimate of drug-likeness (QED) is 0.691. The number of rotatable bonds is 6. The molecule has 146 valence electrons. The van der Waals surface area contributed by atoms with E-state index in [0.717, 1.165) is 4.57 Å². The molecule has 7 nitrogen and oxygen atoms in total. The van der Waals surface area contributed by atoms with Crippen LogP contribution in [-0.4, -0.2) is 22.0 Å². The van der Waals surface area contributed by atoms with Gasteiger partial charge in [-0.25, -0.2) is 9.18 Å². The van der Waals surface area contributed by atoms with Gasteiger partial charge in [-0.1, -0.05) is 15.9 Å². The van der Waals surface area contributed by atoms with Crippen LogP contribution in [0.2, 0.25) is 0 Å². The maximum absolute atomic E-state index is 14.1. The van der Waals surface area contributed by atoms with Gasteiger partial charge in [-0.05, 0) is 45.4 Å². The van der Waals surface area contributed by atoms with Crippen LogP contribution < -0.4 is 11.5 Å². The molecule has 0 spiro atoms. The van der Waals surface area contributed by atoms with Gasteiger partial charge in [-0.3, -0.25) is 14.2 Å². The van der Waals surface area contributed by atoms with Crippen LogP contribution in [0.4, 0.5) is 4.39 Å². The molecule has 27 heavy (non-hydrogen) atoms. The maximum Gasteiger partial charge on any atom is 0.420 e. The van der Waals surface area contributed by atoms with E-state index >= 15 is 0 Å². The summed E-state index contributed by atoms with van der Waals surface area (Å²) in [5.41, 5.74) is 4.77. The molecule has 0 saturated heterocycles. The minimum atomic E-state index is -1.12. The van der Waals surface area contributed by atoms with Crippen LogP contribution in [-0.2, 0) is 14.3 Å². The van der Waals surface area contributed by atoms with Crippen LogP contribution in [0.1, 0.15) is 39.7 Å². The summed E-state index contributed by atoms with van der Waals surface area (Å²) in [5, 5.41) is 0. The third-order valence-corrected chi connectivity index (χ3v) is 4.06. The molecule has 0 saturated carbocycles. The number of amides is 1. The first-order valence-electron chi connectivity index (χ1n) is 8.16. The van der Waals surface area contributed by atoms with Crippen molar-refractivity contribution in [1.29, 1.82) is 0 Å². The Morgan fingerprint density at radius 1 is 1.37 bits per heavy atom. The maximum atomic E-state index is 14.1. The number of carbonyl (C=O) groups is 2. The van der Waals surface area contributed by atoms with Gasteiger partial charge in [0.15, 0.2) is 5.76 Å². The van der Waals surface area contributed by atoms with Crippen molar-refractivity contribution in [2.45, 2.75) is 45.3 Å². The Labute approximate surface area is 163 Å². The molecule has 0 bridgehead atoms. The average molecular weight is 443 g/mol. The number of halogens is 2. The van der Waals surface area contributed by atoms with E-state index in [0.29, 0.717) is 4.47 Å². The highest BCUT2D eigenvalue weighted by atomic mass is 79.9. The Bertz CT molecular complexity index is 913. The van der Waals surface area contributed by atoms with Gasteiger partial charge < -0.3 is 14.9 Å². The van der Waals surface area contributed by atoms with Crippen molar-refractivity contribution in [2.24, 2.45) is 5.73 Å². The Morgan fingerprint density at radius 2 is 2.04 bits per heavy atom. The highest BCUT2D eigenvalue weighted by molar-refractivity contribution is 9.10. The molecule has 1 heterocycles. The molecule has 1 unspecified atom stereocenters. The summed E-state index contributed by atoms with van der Waals surface area (Å²) in [7, 11) is 0. The third kappa shape index (κ3) is 5.53. The smallest absolute Gasteiger partial charge is 0.420 e. The molecule has 1 atom stereocenters. The number of nitrogens with two attached hydrogens (primary N) is 1. The fourth-order valence-corrected chi connectivity index (χ4v) is 2.78. The van der Waals surface area contributed by atoms with E-state index < -0.39 is 35.1 Å². The first-order chi connectivity index (χ1) is 12.5. The Hall–Kier alpha value is -2.42. The van der Waals surface area contributed by atoms with Gasteiger partial charge in [0.2, 0.25) is 5.91 Å². The lowest BCUT2D eigenvalue weighted by atomic mass is 10.1. The van der Waals surface area contributed by atoms with Crippen molar-refractivity contribution >= 4 is 27.8 Å². The number of ether oxygens (including phenoxy) is 1. The molecule has 0 aliphatic heterocycles. The van der Waals surface area contributed by atoms with Crippen LogP contribution >= 0.6 is 15.9 Å². The van der Waals surface area contributed by atoms with Crippen LogP contribution in [0.25, 0.3) is 11.3 Å². The second-order valence-electron chi connectivity index (χ2n) is 6.94. The number of benzene rings is 1. The molecule has 0 aliphatic carbocycles. The molecule has 9 heteroatoms. The summed E-state index contributed by atoms with van der Waals surface area (Å²) in [6.07, 6.45) is 1.04. The highest BCUT2D eigenvalue weighted by Crippen LogP contribution is 2.26. The fourth-order valence-electron chi connectivity index (χ4n) is 2.45. The Morgan fingerprint density at radius 3 is 2.59 bits per heavy atom. The van der Waals surface area contributed by atoms with Gasteiger partial charge in [0, 0.05) is 10.9 Å². The number of aromatic nitrogens is 1. The molecule has 1 aromatic carbocycles. The van der Waals surface area contributed by atoms with Crippen LogP contribution in [0.15, 0.2) is 38.1 Å². The zero-order chi connectivity index (χ0) is 20.4. The summed E-state index contributed by atoms with van der Waals surface area (Å²) < 4.78 is 25.8. The van der Waals surface area contributed by atoms with E-state index in [4.69, 9.17) is 14.9 Å². The number of primary amides is 1. The summed E-state index contributed by atoms with van der Waals surface area (Å²) in [4.78, 5) is 35.8. The van der Waals surface area contributed by atoms with E-state index in [-0.39, 0.29) is 24.2 Å². The van der Waals surface area contributed by atoms with Crippen molar-refractivity contribution in [1.82, 2.24) is 4.57 Å². The Balaban J connectivity index is 2.25. The summed E-state index contributed by atoms with van der Waals surface area (Å²) in [5.74, 6) is -2.86. The molecule has 1 aromatic heterocycles. The monoisotopic (exact) mass is 442 g/mol. The molecule has 2 rings (SSSR count). The van der Waals surface area contributed by atoms with Crippen LogP contribution in [0.5, 0.6) is 0 Å². The van der Waals surface area contributed by atoms with Gasteiger partial charge in [-0.15, -0.1) is 0 Å². The van der Waals surface area contributed by atoms with Crippen molar-refractivity contribution < 1.29 is 23.1 Å². The van der Waals surface area contributed by atoms with Crippen LogP contribution in [0.3, 0.4) is 0 Å². The molecular formula is C18H20BrFN2O5. The molecule has 0 aliphatic rings. The molecular weight excluding hydrogens is 423 g/mol. The number of nitrogens with zero attached hydrogens (tertiary/aromatic N) is 1. The van der Waals surface area contributed by atoms with Gasteiger partial charge in [0.25, 0.3) is 0 Å². The standard InChI is InChI=1S/C18H20BrFN2O5/c1-18(2,3)27-15(23)7-6-13(16(21)24)22-9-14(26-17(22)25)11-5-4-10(19)8-12(11)20/h4-5,8-9,13H,6-7H2,1-3H3,(H2,21,24). The summed E-state index contributed by atoms with van der Waals surface area (Å²) in [6.45, 7) is 5.15. The van der Waals surface area contributed by atoms with Gasteiger partial charge in [-0.2, -0.15) is 0 Å². The topological polar surface area (TPSA) is 105 Å². The van der Waals surface area contributed by atoms with Crippen molar-refractivity contribution in [2.75, 3.05) is 0 Å². The lowest BCUT2D eigenvalue weighted by Gasteiger charge is -2.20. The van der Waals surface area contributed by atoms with E-state index in [1.807, 2.05) is 0 Å². The summed E-state index contributed by atoms with van der Waals surface area (Å²) >= 11 is 3.14. The normalized spacial score (nSPS) is 12.6. The van der Waals surface area contributed by atoms with E-state index in [1.165, 1.54) is 18.3 Å². The van der Waals surface area contributed by atoms with Crippen molar-refractivity contribution in [3.8, 4) is 11.3 Å². The highest BCUT2D eigenvalue weighted by Gasteiger charge is 2.25. The minimum Gasteiger partial charge on any atom is -0.460 e. The number of hydrogen-bond donors (Lipinski definition) is 1. The van der Waals surface area contributed by atoms with E-state index in [2.05, 4.69) is 15.9 Å². The van der Waals surface area contributed by atoms with Gasteiger partial charge in [0.1, 0.15) is 17.5 Å². The number of carbonyl (C=O) groups excluding carboxylic acids is 2. The molecule has 1 amide bonds.